The van der Waals surface area contributed by atoms with Crippen molar-refractivity contribution in [3.8, 4) is 0 Å². The SMILES string of the molecule is CCN1C(=O)C(C(C)C)c2cc(Br)c(N)cc21. The predicted molar refractivity (Wildman–Crippen MR) is 74.2 cm³/mol. The Morgan fingerprint density at radius 2 is 2.12 bits per heavy atom. The molecule has 0 radical (unpaired) electrons. The molecule has 3 nitrogen and oxygen atoms in total. The first-order chi connectivity index (χ1) is 7.97. The van der Waals surface area contributed by atoms with Gasteiger partial charge in [-0.25, -0.2) is 0 Å². The molecule has 1 amide bonds. The number of amides is 1. The Morgan fingerprint density at radius 1 is 1.47 bits per heavy atom. The quantitative estimate of drug-likeness (QED) is 0.852. The zero-order valence-corrected chi connectivity index (χ0v) is 11.9. The van der Waals surface area contributed by atoms with E-state index in [-0.39, 0.29) is 11.8 Å². The van der Waals surface area contributed by atoms with E-state index in [0.29, 0.717) is 18.2 Å². The minimum atomic E-state index is -0.0400. The average Bonchev–Trinajstić information content (AvgIpc) is 2.50. The first kappa shape index (κ1) is 12.4. The van der Waals surface area contributed by atoms with Crippen LogP contribution in [0.2, 0.25) is 0 Å². The molecule has 2 rings (SSSR count). The summed E-state index contributed by atoms with van der Waals surface area (Å²) >= 11 is 3.43. The first-order valence-electron chi connectivity index (χ1n) is 5.87. The summed E-state index contributed by atoms with van der Waals surface area (Å²) < 4.78 is 0.868. The van der Waals surface area contributed by atoms with Crippen molar-refractivity contribution in [2.75, 3.05) is 17.2 Å². The summed E-state index contributed by atoms with van der Waals surface area (Å²) in [6.07, 6.45) is 0. The van der Waals surface area contributed by atoms with Gasteiger partial charge in [-0.15, -0.1) is 0 Å². The van der Waals surface area contributed by atoms with E-state index >= 15 is 0 Å². The van der Waals surface area contributed by atoms with Crippen molar-refractivity contribution in [1.82, 2.24) is 0 Å². The second kappa shape index (κ2) is 4.33. The minimum absolute atomic E-state index is 0.0400. The average molecular weight is 297 g/mol. The molecule has 0 saturated carbocycles. The van der Waals surface area contributed by atoms with Gasteiger partial charge in [0.1, 0.15) is 0 Å². The van der Waals surface area contributed by atoms with E-state index in [1.165, 1.54) is 0 Å². The molecule has 1 aliphatic rings. The molecule has 1 heterocycles. The molecule has 0 bridgehead atoms. The van der Waals surface area contributed by atoms with Crippen LogP contribution in [0.3, 0.4) is 0 Å². The van der Waals surface area contributed by atoms with Gasteiger partial charge in [0.15, 0.2) is 0 Å². The monoisotopic (exact) mass is 296 g/mol. The predicted octanol–water partition coefficient (Wildman–Crippen LogP) is 3.14. The van der Waals surface area contributed by atoms with E-state index < -0.39 is 0 Å². The van der Waals surface area contributed by atoms with Crippen LogP contribution in [0, 0.1) is 5.92 Å². The van der Waals surface area contributed by atoms with Crippen LogP contribution < -0.4 is 10.6 Å². The van der Waals surface area contributed by atoms with E-state index in [4.69, 9.17) is 5.73 Å². The van der Waals surface area contributed by atoms with Gasteiger partial charge in [-0.05, 0) is 46.5 Å². The number of nitrogens with zero attached hydrogens (tertiary/aromatic N) is 1. The molecule has 1 aliphatic heterocycles. The largest absolute Gasteiger partial charge is 0.398 e. The molecule has 1 unspecified atom stereocenters. The molecule has 0 spiro atoms. The van der Waals surface area contributed by atoms with Crippen molar-refractivity contribution in [1.29, 1.82) is 0 Å². The molecule has 1 aromatic carbocycles. The Morgan fingerprint density at radius 3 is 2.65 bits per heavy atom. The van der Waals surface area contributed by atoms with Gasteiger partial charge in [-0.2, -0.15) is 0 Å². The van der Waals surface area contributed by atoms with Crippen molar-refractivity contribution in [3.05, 3.63) is 22.2 Å². The lowest BCUT2D eigenvalue weighted by molar-refractivity contribution is -0.120. The molecule has 1 aromatic rings. The molecule has 17 heavy (non-hydrogen) atoms. The molecule has 4 heteroatoms. The Balaban J connectivity index is 2.61. The lowest BCUT2D eigenvalue weighted by Crippen LogP contribution is -2.29. The lowest BCUT2D eigenvalue weighted by Gasteiger charge is -2.16. The van der Waals surface area contributed by atoms with Crippen LogP contribution in [0.5, 0.6) is 0 Å². The van der Waals surface area contributed by atoms with Crippen LogP contribution in [0.15, 0.2) is 16.6 Å². The molecular formula is C13H17BrN2O. The summed E-state index contributed by atoms with van der Waals surface area (Å²) in [5, 5.41) is 0. The van der Waals surface area contributed by atoms with Gasteiger partial charge in [0.05, 0.1) is 5.92 Å². The van der Waals surface area contributed by atoms with Gasteiger partial charge in [0.2, 0.25) is 5.91 Å². The van der Waals surface area contributed by atoms with E-state index in [9.17, 15) is 4.79 Å². The van der Waals surface area contributed by atoms with Crippen molar-refractivity contribution in [3.63, 3.8) is 0 Å². The number of benzene rings is 1. The Bertz CT molecular complexity index is 471. The van der Waals surface area contributed by atoms with Crippen LogP contribution in [-0.2, 0) is 4.79 Å². The van der Waals surface area contributed by atoms with Crippen LogP contribution >= 0.6 is 15.9 Å². The number of likely N-dealkylation sites (N-methyl/N-ethyl adjacent to an activating group) is 1. The fourth-order valence-corrected chi connectivity index (χ4v) is 2.83. The highest BCUT2D eigenvalue weighted by molar-refractivity contribution is 9.10. The van der Waals surface area contributed by atoms with Gasteiger partial charge in [-0.1, -0.05) is 13.8 Å². The molecule has 0 saturated heterocycles. The summed E-state index contributed by atoms with van der Waals surface area (Å²) in [7, 11) is 0. The maximum atomic E-state index is 12.3. The number of fused-ring (bicyclic) bond motifs is 1. The van der Waals surface area contributed by atoms with E-state index in [0.717, 1.165) is 15.7 Å². The maximum Gasteiger partial charge on any atom is 0.234 e. The number of rotatable bonds is 2. The van der Waals surface area contributed by atoms with E-state index in [1.54, 1.807) is 0 Å². The van der Waals surface area contributed by atoms with Crippen LogP contribution in [0.1, 0.15) is 32.3 Å². The zero-order valence-electron chi connectivity index (χ0n) is 10.3. The van der Waals surface area contributed by atoms with Gasteiger partial charge < -0.3 is 10.6 Å². The first-order valence-corrected chi connectivity index (χ1v) is 6.67. The summed E-state index contributed by atoms with van der Waals surface area (Å²) in [5.41, 5.74) is 8.63. The van der Waals surface area contributed by atoms with Crippen molar-refractivity contribution < 1.29 is 4.79 Å². The van der Waals surface area contributed by atoms with E-state index in [1.807, 2.05) is 24.0 Å². The number of anilines is 2. The number of nitrogens with two attached hydrogens (primary N) is 1. The zero-order chi connectivity index (χ0) is 12.7. The molecular weight excluding hydrogens is 280 g/mol. The highest BCUT2D eigenvalue weighted by Gasteiger charge is 2.38. The highest BCUT2D eigenvalue weighted by Crippen LogP contribution is 2.44. The summed E-state index contributed by atoms with van der Waals surface area (Å²) in [4.78, 5) is 14.1. The van der Waals surface area contributed by atoms with Gasteiger partial charge in [-0.3, -0.25) is 4.79 Å². The minimum Gasteiger partial charge on any atom is -0.398 e. The smallest absolute Gasteiger partial charge is 0.234 e. The number of hydrogen-bond acceptors (Lipinski definition) is 2. The summed E-state index contributed by atoms with van der Waals surface area (Å²) in [6, 6.07) is 3.88. The molecule has 0 aromatic heterocycles. The summed E-state index contributed by atoms with van der Waals surface area (Å²) in [6.45, 7) is 6.84. The molecule has 0 aliphatic carbocycles. The van der Waals surface area contributed by atoms with Crippen LogP contribution in [0.25, 0.3) is 0 Å². The number of nitrogen functional groups attached to an aromatic ring is 1. The normalized spacial score (nSPS) is 19.0. The Labute approximate surface area is 110 Å². The third-order valence-corrected chi connectivity index (χ3v) is 3.97. The molecule has 0 fully saturated rings. The lowest BCUT2D eigenvalue weighted by atomic mass is 9.90. The number of carbonyl (C=O) groups is 1. The number of carbonyl (C=O) groups excluding carboxylic acids is 1. The second-order valence-electron chi connectivity index (χ2n) is 4.74. The van der Waals surface area contributed by atoms with Crippen molar-refractivity contribution in [2.45, 2.75) is 26.7 Å². The fourth-order valence-electron chi connectivity index (χ4n) is 2.47. The Hall–Kier alpha value is -1.03. The van der Waals surface area contributed by atoms with E-state index in [2.05, 4.69) is 29.8 Å². The van der Waals surface area contributed by atoms with Gasteiger partial charge in [0, 0.05) is 22.4 Å². The summed E-state index contributed by atoms with van der Waals surface area (Å²) in [5.74, 6) is 0.449. The molecule has 92 valence electrons. The van der Waals surface area contributed by atoms with Crippen molar-refractivity contribution in [2.24, 2.45) is 5.92 Å². The van der Waals surface area contributed by atoms with Crippen LogP contribution in [-0.4, -0.2) is 12.5 Å². The standard InChI is InChI=1S/C13H17BrN2O/c1-4-16-11-6-10(15)9(14)5-8(11)12(7(2)3)13(16)17/h5-7,12H,4,15H2,1-3H3. The highest BCUT2D eigenvalue weighted by atomic mass is 79.9. The third-order valence-electron chi connectivity index (χ3n) is 3.29. The number of halogens is 1. The fraction of sp³-hybridized carbons (Fsp3) is 0.462. The van der Waals surface area contributed by atoms with Crippen LogP contribution in [0.4, 0.5) is 11.4 Å². The van der Waals surface area contributed by atoms with Gasteiger partial charge >= 0.3 is 0 Å². The Kier molecular flexibility index (Phi) is 3.17. The van der Waals surface area contributed by atoms with Crippen molar-refractivity contribution >= 4 is 33.2 Å². The molecule has 1 atom stereocenters. The maximum absolute atomic E-state index is 12.3. The third kappa shape index (κ3) is 1.84. The number of hydrogen-bond donors (Lipinski definition) is 1. The topological polar surface area (TPSA) is 46.3 Å². The van der Waals surface area contributed by atoms with Gasteiger partial charge in [0.25, 0.3) is 0 Å². The second-order valence-corrected chi connectivity index (χ2v) is 5.59. The molecule has 2 N–H and O–H groups in total.